The van der Waals surface area contributed by atoms with E-state index in [1.165, 1.54) is 29.6 Å². The molecule has 2 aromatic rings. The highest BCUT2D eigenvalue weighted by Crippen LogP contribution is 2.28. The summed E-state index contributed by atoms with van der Waals surface area (Å²) in [6, 6.07) is 11.5. The van der Waals surface area contributed by atoms with Gasteiger partial charge in [0.05, 0.1) is 19.1 Å². The molecule has 0 aliphatic heterocycles. The first-order valence-electron chi connectivity index (χ1n) is 9.87. The summed E-state index contributed by atoms with van der Waals surface area (Å²) < 4.78 is 36.9. The zero-order valence-corrected chi connectivity index (χ0v) is 20.0. The number of benzene rings is 2. The Morgan fingerprint density at radius 3 is 2.22 bits per heavy atom. The quantitative estimate of drug-likeness (QED) is 0.423. The molecule has 2 rings (SSSR count). The zero-order valence-electron chi connectivity index (χ0n) is 18.4. The molecule has 172 valence electrons. The van der Waals surface area contributed by atoms with Crippen molar-refractivity contribution in [3.8, 4) is 11.5 Å². The maximum absolute atomic E-state index is 12.5. The SMILES string of the molecule is CCN(CC)S(=O)(=O)c1ccc(NC(=S)NC(=O)C=Cc2ccc(OC)c(OC)c2)cc1. The summed E-state index contributed by atoms with van der Waals surface area (Å²) in [6.07, 6.45) is 2.96. The normalized spacial score (nSPS) is 11.4. The number of methoxy groups -OCH3 is 2. The summed E-state index contributed by atoms with van der Waals surface area (Å²) >= 11 is 5.16. The van der Waals surface area contributed by atoms with Crippen LogP contribution in [-0.2, 0) is 14.8 Å². The van der Waals surface area contributed by atoms with Crippen molar-refractivity contribution in [2.75, 3.05) is 32.6 Å². The molecular weight excluding hydrogens is 450 g/mol. The standard InChI is InChI=1S/C22H27N3O5S2/c1-5-25(6-2)32(27,28)18-11-9-17(10-12-18)23-22(31)24-21(26)14-8-16-7-13-19(29-3)20(15-16)30-4/h7-15H,5-6H2,1-4H3,(H2,23,24,26,31). The number of amides is 1. The topological polar surface area (TPSA) is 97.0 Å². The molecule has 0 radical (unpaired) electrons. The lowest BCUT2D eigenvalue weighted by Crippen LogP contribution is -2.33. The molecule has 8 nitrogen and oxygen atoms in total. The molecule has 10 heteroatoms. The molecule has 0 saturated carbocycles. The zero-order chi connectivity index (χ0) is 23.7. The van der Waals surface area contributed by atoms with E-state index in [1.807, 2.05) is 0 Å². The molecular formula is C22H27N3O5S2. The Bertz CT molecular complexity index is 1080. The predicted octanol–water partition coefficient (Wildman–Crippen LogP) is 3.26. The molecule has 0 spiro atoms. The van der Waals surface area contributed by atoms with Gasteiger partial charge in [-0.2, -0.15) is 4.31 Å². The van der Waals surface area contributed by atoms with Crippen LogP contribution >= 0.6 is 12.2 Å². The van der Waals surface area contributed by atoms with Crippen molar-refractivity contribution in [2.45, 2.75) is 18.7 Å². The van der Waals surface area contributed by atoms with Crippen molar-refractivity contribution >= 4 is 45.0 Å². The lowest BCUT2D eigenvalue weighted by atomic mass is 10.2. The molecule has 1 amide bonds. The molecule has 2 aromatic carbocycles. The van der Waals surface area contributed by atoms with Gasteiger partial charge in [-0.15, -0.1) is 0 Å². The van der Waals surface area contributed by atoms with Crippen molar-refractivity contribution < 1.29 is 22.7 Å². The van der Waals surface area contributed by atoms with Crippen LogP contribution in [-0.4, -0.2) is 51.1 Å². The molecule has 0 aromatic heterocycles. The fourth-order valence-electron chi connectivity index (χ4n) is 2.87. The number of thiocarbonyl (C=S) groups is 1. The Hall–Kier alpha value is -2.95. The van der Waals surface area contributed by atoms with Gasteiger partial charge in [-0.05, 0) is 60.3 Å². The summed E-state index contributed by atoms with van der Waals surface area (Å²) in [6.45, 7) is 4.37. The summed E-state index contributed by atoms with van der Waals surface area (Å²) in [5.74, 6) is 0.729. The molecule has 2 N–H and O–H groups in total. The Labute approximate surface area is 194 Å². The number of sulfonamides is 1. The van der Waals surface area contributed by atoms with Crippen LogP contribution in [0.25, 0.3) is 6.08 Å². The fourth-order valence-corrected chi connectivity index (χ4v) is 4.54. The van der Waals surface area contributed by atoms with Crippen LogP contribution in [0.2, 0.25) is 0 Å². The van der Waals surface area contributed by atoms with Crippen LogP contribution in [0.3, 0.4) is 0 Å². The Morgan fingerprint density at radius 1 is 1.03 bits per heavy atom. The lowest BCUT2D eigenvalue weighted by Gasteiger charge is -2.18. The molecule has 0 bridgehead atoms. The van der Waals surface area contributed by atoms with E-state index in [-0.39, 0.29) is 10.0 Å². The second-order valence-corrected chi connectivity index (χ2v) is 8.85. The van der Waals surface area contributed by atoms with E-state index in [9.17, 15) is 13.2 Å². The van der Waals surface area contributed by atoms with Crippen molar-refractivity contribution in [1.82, 2.24) is 9.62 Å². The number of anilines is 1. The molecule has 0 saturated heterocycles. The van der Waals surface area contributed by atoms with Gasteiger partial charge in [-0.25, -0.2) is 8.42 Å². The third-order valence-electron chi connectivity index (χ3n) is 4.53. The summed E-state index contributed by atoms with van der Waals surface area (Å²) in [4.78, 5) is 12.3. The largest absolute Gasteiger partial charge is 0.493 e. The van der Waals surface area contributed by atoms with Crippen LogP contribution < -0.4 is 20.1 Å². The summed E-state index contributed by atoms with van der Waals surface area (Å²) in [5.41, 5.74) is 1.30. The number of rotatable bonds is 9. The first-order valence-corrected chi connectivity index (χ1v) is 11.7. The van der Waals surface area contributed by atoms with Gasteiger partial charge < -0.3 is 14.8 Å². The van der Waals surface area contributed by atoms with E-state index in [0.717, 1.165) is 5.56 Å². The number of ether oxygens (including phenoxy) is 2. The van der Waals surface area contributed by atoms with E-state index in [0.29, 0.717) is 30.3 Å². The minimum Gasteiger partial charge on any atom is -0.493 e. The molecule has 0 fully saturated rings. The summed E-state index contributed by atoms with van der Waals surface area (Å²) in [5, 5.41) is 5.49. The van der Waals surface area contributed by atoms with E-state index in [1.54, 1.807) is 57.4 Å². The van der Waals surface area contributed by atoms with Gasteiger partial charge in [0.15, 0.2) is 16.6 Å². The van der Waals surface area contributed by atoms with Gasteiger partial charge in [-0.1, -0.05) is 19.9 Å². The average molecular weight is 478 g/mol. The molecule has 0 atom stereocenters. The third kappa shape index (κ3) is 6.52. The van der Waals surface area contributed by atoms with Gasteiger partial charge in [0.25, 0.3) is 0 Å². The molecule has 0 unspecified atom stereocenters. The van der Waals surface area contributed by atoms with Gasteiger partial charge in [0, 0.05) is 24.9 Å². The van der Waals surface area contributed by atoms with E-state index >= 15 is 0 Å². The maximum atomic E-state index is 12.5. The number of carbonyl (C=O) groups excluding carboxylic acids is 1. The second kappa shape index (κ2) is 11.6. The first kappa shape index (κ1) is 25.3. The minimum absolute atomic E-state index is 0.0892. The van der Waals surface area contributed by atoms with Gasteiger partial charge in [0.1, 0.15) is 0 Å². The lowest BCUT2D eigenvalue weighted by molar-refractivity contribution is -0.115. The van der Waals surface area contributed by atoms with E-state index in [2.05, 4.69) is 10.6 Å². The van der Waals surface area contributed by atoms with Gasteiger partial charge >= 0.3 is 0 Å². The predicted molar refractivity (Wildman–Crippen MR) is 129 cm³/mol. The van der Waals surface area contributed by atoms with Crippen LogP contribution in [0.1, 0.15) is 19.4 Å². The summed E-state index contributed by atoms with van der Waals surface area (Å²) in [7, 11) is -0.448. The van der Waals surface area contributed by atoms with Crippen LogP contribution in [0.4, 0.5) is 5.69 Å². The number of hydrogen-bond donors (Lipinski definition) is 2. The van der Waals surface area contributed by atoms with Crippen molar-refractivity contribution in [1.29, 1.82) is 0 Å². The molecule has 32 heavy (non-hydrogen) atoms. The van der Waals surface area contributed by atoms with Gasteiger partial charge in [-0.3, -0.25) is 10.1 Å². The highest BCUT2D eigenvalue weighted by atomic mass is 32.2. The van der Waals surface area contributed by atoms with E-state index in [4.69, 9.17) is 21.7 Å². The Morgan fingerprint density at radius 2 is 1.66 bits per heavy atom. The van der Waals surface area contributed by atoms with Crippen LogP contribution in [0.5, 0.6) is 11.5 Å². The maximum Gasteiger partial charge on any atom is 0.250 e. The van der Waals surface area contributed by atoms with Crippen molar-refractivity contribution in [2.24, 2.45) is 0 Å². The number of carbonyl (C=O) groups is 1. The van der Waals surface area contributed by atoms with E-state index < -0.39 is 15.9 Å². The molecule has 0 aliphatic carbocycles. The highest BCUT2D eigenvalue weighted by Gasteiger charge is 2.21. The Kier molecular flexibility index (Phi) is 9.18. The van der Waals surface area contributed by atoms with Crippen LogP contribution in [0.15, 0.2) is 53.4 Å². The Balaban J connectivity index is 1.97. The highest BCUT2D eigenvalue weighted by molar-refractivity contribution is 7.89. The monoisotopic (exact) mass is 477 g/mol. The number of nitrogens with zero attached hydrogens (tertiary/aromatic N) is 1. The number of nitrogens with one attached hydrogen (secondary N) is 2. The van der Waals surface area contributed by atoms with Crippen molar-refractivity contribution in [3.05, 3.63) is 54.1 Å². The molecule has 0 heterocycles. The first-order chi connectivity index (χ1) is 15.2. The fraction of sp³-hybridized carbons (Fsp3) is 0.273. The van der Waals surface area contributed by atoms with Crippen LogP contribution in [0, 0.1) is 0 Å². The third-order valence-corrected chi connectivity index (χ3v) is 6.80. The van der Waals surface area contributed by atoms with Gasteiger partial charge in [0.2, 0.25) is 15.9 Å². The average Bonchev–Trinajstić information content (AvgIpc) is 2.78. The van der Waals surface area contributed by atoms with Crippen molar-refractivity contribution in [3.63, 3.8) is 0 Å². The smallest absolute Gasteiger partial charge is 0.250 e. The second-order valence-electron chi connectivity index (χ2n) is 6.50. The number of hydrogen-bond acceptors (Lipinski definition) is 6. The minimum atomic E-state index is -3.53. The molecule has 0 aliphatic rings.